The average molecular weight is 511 g/mol. The van der Waals surface area contributed by atoms with Crippen LogP contribution in [-0.4, -0.2) is 47.0 Å². The van der Waals surface area contributed by atoms with Crippen molar-refractivity contribution in [2.45, 2.75) is 6.92 Å². The molecule has 1 saturated heterocycles. The van der Waals surface area contributed by atoms with Gasteiger partial charge in [0.05, 0.1) is 41.8 Å². The summed E-state index contributed by atoms with van der Waals surface area (Å²) in [6, 6.07) is 22.4. The van der Waals surface area contributed by atoms with E-state index in [2.05, 4.69) is 68.1 Å². The lowest BCUT2D eigenvalue weighted by Gasteiger charge is -2.28. The fourth-order valence-electron chi connectivity index (χ4n) is 4.45. The summed E-state index contributed by atoms with van der Waals surface area (Å²) in [6.45, 7) is 5.25. The highest BCUT2D eigenvalue weighted by Gasteiger charge is 2.13. The van der Waals surface area contributed by atoms with Gasteiger partial charge in [0.2, 0.25) is 0 Å². The number of fused-ring (bicyclic) bond motifs is 1. The summed E-state index contributed by atoms with van der Waals surface area (Å²) < 4.78 is 7.34. The van der Waals surface area contributed by atoms with Crippen molar-refractivity contribution in [2.75, 3.05) is 41.8 Å². The van der Waals surface area contributed by atoms with Crippen LogP contribution in [0.5, 0.6) is 0 Å². The van der Waals surface area contributed by atoms with Gasteiger partial charge in [-0.3, -0.25) is 4.79 Å². The number of amides is 1. The van der Waals surface area contributed by atoms with Crippen LogP contribution in [0.4, 0.5) is 22.7 Å². The SMILES string of the molecule is Cc1ncsc1C(=O)Nc1ccc(-n2ncc3cc(Nc4ccc(N5CCOCC5)cc4)ccc32)cc1. The molecule has 0 saturated carbocycles. The Kier molecular flexibility index (Phi) is 6.30. The molecular weight excluding hydrogens is 484 g/mol. The Hall–Kier alpha value is -4.21. The van der Waals surface area contributed by atoms with Gasteiger partial charge in [0, 0.05) is 41.2 Å². The van der Waals surface area contributed by atoms with Crippen molar-refractivity contribution in [3.8, 4) is 5.69 Å². The highest BCUT2D eigenvalue weighted by atomic mass is 32.1. The van der Waals surface area contributed by atoms with Crippen molar-refractivity contribution in [3.05, 3.63) is 89.0 Å². The summed E-state index contributed by atoms with van der Waals surface area (Å²) in [7, 11) is 0. The molecule has 0 bridgehead atoms. The molecule has 0 spiro atoms. The Bertz CT molecular complexity index is 1540. The van der Waals surface area contributed by atoms with Crippen LogP contribution in [0.15, 0.2) is 78.4 Å². The van der Waals surface area contributed by atoms with E-state index in [4.69, 9.17) is 4.74 Å². The van der Waals surface area contributed by atoms with E-state index >= 15 is 0 Å². The number of aryl methyl sites for hydroxylation is 1. The highest BCUT2D eigenvalue weighted by molar-refractivity contribution is 7.12. The number of rotatable bonds is 6. The van der Waals surface area contributed by atoms with Crippen molar-refractivity contribution >= 4 is 50.9 Å². The van der Waals surface area contributed by atoms with Gasteiger partial charge in [0.15, 0.2) is 0 Å². The van der Waals surface area contributed by atoms with Crippen LogP contribution in [0.25, 0.3) is 16.6 Å². The topological polar surface area (TPSA) is 84.3 Å². The summed E-state index contributed by atoms with van der Waals surface area (Å²) >= 11 is 1.34. The van der Waals surface area contributed by atoms with Gasteiger partial charge in [-0.25, -0.2) is 9.67 Å². The third kappa shape index (κ3) is 4.91. The lowest BCUT2D eigenvalue weighted by Crippen LogP contribution is -2.36. The van der Waals surface area contributed by atoms with Gasteiger partial charge in [0.1, 0.15) is 4.88 Å². The van der Waals surface area contributed by atoms with Crippen LogP contribution in [0, 0.1) is 6.92 Å². The van der Waals surface area contributed by atoms with Gasteiger partial charge in [-0.1, -0.05) is 0 Å². The Morgan fingerprint density at radius 3 is 2.35 bits per heavy atom. The Balaban J connectivity index is 1.15. The molecular formula is C28H26N6O2S. The maximum Gasteiger partial charge on any atom is 0.267 e. The summed E-state index contributed by atoms with van der Waals surface area (Å²) in [5.41, 5.74) is 8.32. The summed E-state index contributed by atoms with van der Waals surface area (Å²) in [5.74, 6) is -0.145. The first kappa shape index (κ1) is 23.2. The van der Waals surface area contributed by atoms with Crippen LogP contribution < -0.4 is 15.5 Å². The predicted octanol–water partition coefficient (Wildman–Crippen LogP) is 5.62. The van der Waals surface area contributed by atoms with Gasteiger partial charge < -0.3 is 20.3 Å². The number of carbonyl (C=O) groups excluding carboxylic acids is 1. The van der Waals surface area contributed by atoms with E-state index in [1.54, 1.807) is 5.51 Å². The number of nitrogens with one attached hydrogen (secondary N) is 2. The number of benzene rings is 3. The molecule has 0 radical (unpaired) electrons. The molecule has 9 heteroatoms. The second kappa shape index (κ2) is 10.0. The van der Waals surface area contributed by atoms with E-state index in [-0.39, 0.29) is 5.91 Å². The van der Waals surface area contributed by atoms with Crippen LogP contribution in [0.2, 0.25) is 0 Å². The summed E-state index contributed by atoms with van der Waals surface area (Å²) in [6.07, 6.45) is 1.87. The molecule has 1 amide bonds. The minimum atomic E-state index is -0.145. The Morgan fingerprint density at radius 1 is 0.919 bits per heavy atom. The Morgan fingerprint density at radius 2 is 1.62 bits per heavy atom. The molecule has 0 atom stereocenters. The first-order chi connectivity index (χ1) is 18.1. The van der Waals surface area contributed by atoms with Crippen molar-refractivity contribution in [1.29, 1.82) is 0 Å². The molecule has 2 aromatic heterocycles. The number of ether oxygens (including phenoxy) is 1. The number of anilines is 4. The maximum absolute atomic E-state index is 12.5. The van der Waals surface area contributed by atoms with Crippen molar-refractivity contribution < 1.29 is 9.53 Å². The lowest BCUT2D eigenvalue weighted by atomic mass is 10.2. The largest absolute Gasteiger partial charge is 0.378 e. The molecule has 186 valence electrons. The Labute approximate surface area is 218 Å². The number of hydrogen-bond acceptors (Lipinski definition) is 7. The van der Waals surface area contributed by atoms with Crippen molar-refractivity contribution in [3.63, 3.8) is 0 Å². The summed E-state index contributed by atoms with van der Waals surface area (Å²) in [4.78, 5) is 19.6. The molecule has 1 aliphatic rings. The maximum atomic E-state index is 12.5. The average Bonchev–Trinajstić information content (AvgIpc) is 3.56. The number of hydrogen-bond donors (Lipinski definition) is 2. The smallest absolute Gasteiger partial charge is 0.267 e. The van der Waals surface area contributed by atoms with E-state index in [9.17, 15) is 4.79 Å². The second-order valence-corrected chi connectivity index (χ2v) is 9.72. The number of nitrogens with zero attached hydrogens (tertiary/aromatic N) is 4. The van der Waals surface area contributed by atoms with Gasteiger partial charge in [-0.05, 0) is 73.7 Å². The van der Waals surface area contributed by atoms with Crippen LogP contribution in [-0.2, 0) is 4.74 Å². The molecule has 8 nitrogen and oxygen atoms in total. The number of aromatic nitrogens is 3. The predicted molar refractivity (Wildman–Crippen MR) is 149 cm³/mol. The monoisotopic (exact) mass is 510 g/mol. The minimum Gasteiger partial charge on any atom is -0.378 e. The zero-order chi connectivity index (χ0) is 25.2. The van der Waals surface area contributed by atoms with E-state index in [1.165, 1.54) is 17.0 Å². The molecule has 0 unspecified atom stereocenters. The van der Waals surface area contributed by atoms with Crippen LogP contribution in [0.1, 0.15) is 15.4 Å². The molecule has 5 aromatic rings. The summed E-state index contributed by atoms with van der Waals surface area (Å²) in [5, 5.41) is 12.1. The van der Waals surface area contributed by atoms with E-state index < -0.39 is 0 Å². The lowest BCUT2D eigenvalue weighted by molar-refractivity contribution is 0.103. The fourth-order valence-corrected chi connectivity index (χ4v) is 5.15. The molecule has 0 aliphatic carbocycles. The van der Waals surface area contributed by atoms with E-state index in [0.717, 1.165) is 65.6 Å². The number of carbonyl (C=O) groups is 1. The van der Waals surface area contributed by atoms with Crippen molar-refractivity contribution in [1.82, 2.24) is 14.8 Å². The van der Waals surface area contributed by atoms with Gasteiger partial charge in [0.25, 0.3) is 5.91 Å². The molecule has 3 heterocycles. The minimum absolute atomic E-state index is 0.145. The fraction of sp³-hybridized carbons (Fsp3) is 0.179. The zero-order valence-corrected chi connectivity index (χ0v) is 21.2. The van der Waals surface area contributed by atoms with Crippen LogP contribution >= 0.6 is 11.3 Å². The third-order valence-electron chi connectivity index (χ3n) is 6.42. The number of morpholine rings is 1. The normalized spacial score (nSPS) is 13.6. The third-order valence-corrected chi connectivity index (χ3v) is 7.35. The zero-order valence-electron chi connectivity index (χ0n) is 20.3. The quantitative estimate of drug-likeness (QED) is 0.308. The second-order valence-electron chi connectivity index (χ2n) is 8.87. The van der Waals surface area contributed by atoms with E-state index in [0.29, 0.717) is 4.88 Å². The molecule has 1 aliphatic heterocycles. The number of thiazole rings is 1. The molecule has 3 aromatic carbocycles. The van der Waals surface area contributed by atoms with Gasteiger partial charge >= 0.3 is 0 Å². The van der Waals surface area contributed by atoms with Gasteiger partial charge in [-0.15, -0.1) is 11.3 Å². The first-order valence-corrected chi connectivity index (χ1v) is 13.0. The molecule has 6 rings (SSSR count). The molecule has 1 fully saturated rings. The first-order valence-electron chi connectivity index (χ1n) is 12.1. The van der Waals surface area contributed by atoms with E-state index in [1.807, 2.05) is 42.1 Å². The highest BCUT2D eigenvalue weighted by Crippen LogP contribution is 2.26. The van der Waals surface area contributed by atoms with Crippen molar-refractivity contribution in [2.24, 2.45) is 0 Å². The van der Waals surface area contributed by atoms with Crippen LogP contribution in [0.3, 0.4) is 0 Å². The van der Waals surface area contributed by atoms with Gasteiger partial charge in [-0.2, -0.15) is 5.10 Å². The molecule has 37 heavy (non-hydrogen) atoms. The standard InChI is InChI=1S/C28H26N6O2S/c1-19-27(37-18-29-19)28(35)32-22-4-9-25(10-5-22)34-26-11-6-23(16-20(26)17-30-34)31-21-2-7-24(8-3-21)33-12-14-36-15-13-33/h2-11,16-18,31H,12-15H2,1H3,(H,32,35). The molecule has 2 N–H and O–H groups in total.